The van der Waals surface area contributed by atoms with Gasteiger partial charge >= 0.3 is 0 Å². The van der Waals surface area contributed by atoms with E-state index in [1.807, 2.05) is 51.9 Å². The number of hydrogen-bond acceptors (Lipinski definition) is 3. The standard InChI is InChI=1S/C35H35N4O2.BrH/c1-23-17-30-31(18-24(23)2)38(22-37(30)20-32(40)27-14-13-25-9-5-6-10-26(25)19-27)21-33(41)39-16-15-35(3)28-11-7-8-12-29(28)36(4)34(35)39;/h5-14,17-19,22,34H,15-16,20-21H2,1-4H3;1H/q+1;/p-1. The number of carbonyl (C=O) groups excluding carboxylic acids is 2. The van der Waals surface area contributed by atoms with Gasteiger partial charge in [0.05, 0.1) is 0 Å². The average Bonchev–Trinajstić information content (AvgIpc) is 3.56. The minimum absolute atomic E-state index is 0. The molecular weight excluding hydrogens is 588 g/mol. The van der Waals surface area contributed by atoms with E-state index in [0.717, 1.165) is 45.9 Å². The molecule has 1 saturated heterocycles. The average molecular weight is 624 g/mol. The second-order valence-electron chi connectivity index (χ2n) is 12.0. The van der Waals surface area contributed by atoms with E-state index in [9.17, 15) is 9.59 Å². The lowest BCUT2D eigenvalue weighted by atomic mass is 9.81. The number of aryl methyl sites for hydroxylation is 2. The number of likely N-dealkylation sites (tertiary alicyclic amines) is 1. The third-order valence-electron chi connectivity index (χ3n) is 9.50. The number of hydrogen-bond donors (Lipinski definition) is 0. The van der Waals surface area contributed by atoms with Gasteiger partial charge in [0.2, 0.25) is 12.1 Å². The lowest BCUT2D eigenvalue weighted by molar-refractivity contribution is -0.657. The number of halogens is 1. The number of para-hydroxylation sites is 1. The normalized spacial score (nSPS) is 19.2. The quantitative estimate of drug-likeness (QED) is 0.224. The smallest absolute Gasteiger partial charge is 0.266 e. The monoisotopic (exact) mass is 622 g/mol. The first kappa shape index (κ1) is 28.2. The molecule has 2 aliphatic rings. The van der Waals surface area contributed by atoms with E-state index in [2.05, 4.69) is 80.1 Å². The Bertz CT molecular complexity index is 1880. The number of likely N-dealkylation sites (N-methyl/N-ethyl adjacent to an activating group) is 1. The summed E-state index contributed by atoms with van der Waals surface area (Å²) in [7, 11) is 2.10. The number of Topliss-reactive ketones (excluding diaryl/α,β-unsaturated/α-hetero) is 1. The second-order valence-corrected chi connectivity index (χ2v) is 12.0. The fourth-order valence-corrected chi connectivity index (χ4v) is 7.15. The van der Waals surface area contributed by atoms with E-state index in [0.29, 0.717) is 5.56 Å². The van der Waals surface area contributed by atoms with Crippen molar-refractivity contribution in [1.29, 1.82) is 0 Å². The Morgan fingerprint density at radius 2 is 1.64 bits per heavy atom. The van der Waals surface area contributed by atoms with Gasteiger partial charge < -0.3 is 26.8 Å². The molecule has 1 aromatic heterocycles. The molecule has 0 aliphatic carbocycles. The van der Waals surface area contributed by atoms with E-state index in [4.69, 9.17) is 0 Å². The van der Waals surface area contributed by atoms with Crippen molar-refractivity contribution >= 4 is 39.2 Å². The first-order valence-electron chi connectivity index (χ1n) is 14.4. The minimum atomic E-state index is -0.0837. The van der Waals surface area contributed by atoms with Crippen molar-refractivity contribution in [2.75, 3.05) is 18.5 Å². The van der Waals surface area contributed by atoms with Crippen LogP contribution in [0.3, 0.4) is 0 Å². The Morgan fingerprint density at radius 1 is 0.929 bits per heavy atom. The maximum Gasteiger partial charge on any atom is 0.266 e. The predicted octanol–water partition coefficient (Wildman–Crippen LogP) is 2.55. The van der Waals surface area contributed by atoms with Gasteiger partial charge in [-0.15, -0.1) is 0 Å². The summed E-state index contributed by atoms with van der Waals surface area (Å²) in [5, 5.41) is 2.17. The van der Waals surface area contributed by atoms with Gasteiger partial charge in [-0.25, -0.2) is 9.13 Å². The van der Waals surface area contributed by atoms with Gasteiger partial charge in [0.25, 0.3) is 5.91 Å². The molecule has 7 rings (SSSR count). The molecule has 0 bridgehead atoms. The Kier molecular flexibility index (Phi) is 6.97. The molecule has 6 nitrogen and oxygen atoms in total. The van der Waals surface area contributed by atoms with E-state index in [1.54, 1.807) is 0 Å². The molecule has 2 atom stereocenters. The molecule has 42 heavy (non-hydrogen) atoms. The topological polar surface area (TPSA) is 49.4 Å². The van der Waals surface area contributed by atoms with Crippen LogP contribution in [0.1, 0.15) is 40.4 Å². The number of carbonyl (C=O) groups is 2. The van der Waals surface area contributed by atoms with E-state index in [-0.39, 0.29) is 53.3 Å². The highest BCUT2D eigenvalue weighted by atomic mass is 79.9. The van der Waals surface area contributed by atoms with E-state index >= 15 is 0 Å². The van der Waals surface area contributed by atoms with Crippen molar-refractivity contribution in [3.63, 3.8) is 0 Å². The summed E-state index contributed by atoms with van der Waals surface area (Å²) in [5.74, 6) is 0.145. The number of imidazole rings is 1. The Morgan fingerprint density at radius 3 is 2.45 bits per heavy atom. The Labute approximate surface area is 256 Å². The molecule has 3 heterocycles. The number of amides is 1. The largest absolute Gasteiger partial charge is 1.00 e. The fourth-order valence-electron chi connectivity index (χ4n) is 7.15. The van der Waals surface area contributed by atoms with Crippen LogP contribution in [0.15, 0.2) is 85.2 Å². The van der Waals surface area contributed by atoms with Crippen LogP contribution in [0.5, 0.6) is 0 Å². The van der Waals surface area contributed by atoms with Crippen LogP contribution < -0.4 is 26.4 Å². The summed E-state index contributed by atoms with van der Waals surface area (Å²) in [6.07, 6.45) is 2.89. The van der Waals surface area contributed by atoms with Crippen molar-refractivity contribution in [3.05, 3.63) is 107 Å². The highest BCUT2D eigenvalue weighted by Gasteiger charge is 2.54. The van der Waals surface area contributed by atoms with Crippen LogP contribution >= 0.6 is 0 Å². The summed E-state index contributed by atoms with van der Waals surface area (Å²) in [6, 6.07) is 26.8. The van der Waals surface area contributed by atoms with Gasteiger partial charge in [-0.3, -0.25) is 9.59 Å². The SMILES string of the molecule is Cc1cc2c(cc1C)[n+](CC(=O)c1ccc3ccccc3c1)cn2CC(=O)N1CCC2(C)c3ccccc3N(C)C12.[Br-]. The molecule has 214 valence electrons. The molecule has 0 radical (unpaired) electrons. The zero-order valence-corrected chi connectivity index (χ0v) is 26.1. The number of fused-ring (bicyclic) bond motifs is 5. The van der Waals surface area contributed by atoms with E-state index in [1.165, 1.54) is 11.3 Å². The third kappa shape index (κ3) is 4.33. The molecule has 0 N–H and O–H groups in total. The number of aromatic nitrogens is 2. The third-order valence-corrected chi connectivity index (χ3v) is 9.50. The lowest BCUT2D eigenvalue weighted by Crippen LogP contribution is -3.00. The van der Waals surface area contributed by atoms with E-state index < -0.39 is 0 Å². The second kappa shape index (κ2) is 10.4. The predicted molar refractivity (Wildman–Crippen MR) is 162 cm³/mol. The van der Waals surface area contributed by atoms with Crippen LogP contribution in [-0.4, -0.2) is 40.9 Å². The Hall–Kier alpha value is -3.97. The van der Waals surface area contributed by atoms with Crippen molar-refractivity contribution in [1.82, 2.24) is 9.47 Å². The van der Waals surface area contributed by atoms with Crippen LogP contribution in [0.2, 0.25) is 0 Å². The number of anilines is 1. The molecule has 7 heteroatoms. The van der Waals surface area contributed by atoms with Crippen molar-refractivity contribution in [2.24, 2.45) is 0 Å². The van der Waals surface area contributed by atoms with Crippen LogP contribution in [0, 0.1) is 13.8 Å². The molecular formula is C35H35BrN4O2. The van der Waals surface area contributed by atoms with Gasteiger partial charge in [-0.1, -0.05) is 61.5 Å². The van der Waals surface area contributed by atoms with Gasteiger partial charge in [0, 0.05) is 30.3 Å². The molecule has 1 amide bonds. The molecule has 0 spiro atoms. The summed E-state index contributed by atoms with van der Waals surface area (Å²) in [5.41, 5.74) is 7.40. The van der Waals surface area contributed by atoms with Gasteiger partial charge in [-0.2, -0.15) is 0 Å². The van der Waals surface area contributed by atoms with Crippen molar-refractivity contribution in [3.8, 4) is 0 Å². The van der Waals surface area contributed by atoms with Crippen molar-refractivity contribution in [2.45, 2.75) is 51.9 Å². The highest BCUT2D eigenvalue weighted by Crippen LogP contribution is 2.51. The number of rotatable bonds is 5. The maximum atomic E-state index is 14.0. The molecule has 1 fully saturated rings. The lowest BCUT2D eigenvalue weighted by Gasteiger charge is -2.34. The minimum Gasteiger partial charge on any atom is -1.00 e. The Balaban J connectivity index is 0.00000316. The zero-order chi connectivity index (χ0) is 28.5. The number of ketones is 1. The van der Waals surface area contributed by atoms with Crippen LogP contribution in [0.4, 0.5) is 5.69 Å². The zero-order valence-electron chi connectivity index (χ0n) is 24.5. The van der Waals surface area contributed by atoms with Gasteiger partial charge in [0.15, 0.2) is 24.1 Å². The van der Waals surface area contributed by atoms with Crippen LogP contribution in [-0.2, 0) is 23.3 Å². The number of benzene rings is 4. The number of nitrogens with zero attached hydrogens (tertiary/aromatic N) is 4. The van der Waals surface area contributed by atoms with Crippen LogP contribution in [0.25, 0.3) is 21.8 Å². The fraction of sp³-hybridized carbons (Fsp3) is 0.286. The summed E-state index contributed by atoms with van der Waals surface area (Å²) in [6.45, 7) is 7.64. The first-order valence-corrected chi connectivity index (χ1v) is 14.4. The molecule has 5 aromatic rings. The summed E-state index contributed by atoms with van der Waals surface area (Å²) < 4.78 is 4.02. The van der Waals surface area contributed by atoms with Gasteiger partial charge in [0.1, 0.15) is 6.17 Å². The summed E-state index contributed by atoms with van der Waals surface area (Å²) in [4.78, 5) is 31.8. The van der Waals surface area contributed by atoms with Gasteiger partial charge in [-0.05, 0) is 72.0 Å². The highest BCUT2D eigenvalue weighted by molar-refractivity contribution is 5.99. The molecule has 2 unspecified atom stereocenters. The molecule has 0 saturated carbocycles. The summed E-state index contributed by atoms with van der Waals surface area (Å²) >= 11 is 0. The first-order chi connectivity index (χ1) is 19.7. The van der Waals surface area contributed by atoms with Crippen molar-refractivity contribution < 1.29 is 31.1 Å². The molecule has 2 aliphatic heterocycles. The molecule has 4 aromatic carbocycles. The maximum absolute atomic E-state index is 14.0.